The quantitative estimate of drug-likeness (QED) is 0.746. The van der Waals surface area contributed by atoms with E-state index < -0.39 is 0 Å². The number of nitriles is 2. The molecule has 0 unspecified atom stereocenters. The van der Waals surface area contributed by atoms with Crippen LogP contribution < -0.4 is 4.84 Å². The lowest BCUT2D eigenvalue weighted by atomic mass is 10.1. The average molecular weight is 209 g/mol. The first-order valence-corrected chi connectivity index (χ1v) is 4.37. The van der Waals surface area contributed by atoms with Crippen molar-refractivity contribution in [2.24, 2.45) is 0 Å². The molecule has 5 nitrogen and oxygen atoms in total. The summed E-state index contributed by atoms with van der Waals surface area (Å²) < 4.78 is 0. The van der Waals surface area contributed by atoms with Gasteiger partial charge in [0.1, 0.15) is 17.7 Å². The molecule has 1 radical (unpaired) electrons. The Hall–Kier alpha value is -2.79. The average Bonchev–Trinajstić information content (AvgIpc) is 2.81. The Morgan fingerprint density at radius 1 is 1.31 bits per heavy atom. The summed E-state index contributed by atoms with van der Waals surface area (Å²) in [4.78, 5) is 6.45. The zero-order valence-corrected chi connectivity index (χ0v) is 8.08. The SMILES string of the molecule is N#Cc1cccc(On2c[c]cn2)c1C#N. The van der Waals surface area contributed by atoms with Crippen LogP contribution >= 0.6 is 0 Å². The van der Waals surface area contributed by atoms with Crippen molar-refractivity contribution in [2.45, 2.75) is 0 Å². The van der Waals surface area contributed by atoms with Crippen LogP contribution in [0.5, 0.6) is 5.75 Å². The molecule has 16 heavy (non-hydrogen) atoms. The molecule has 1 heterocycles. The van der Waals surface area contributed by atoms with Crippen molar-refractivity contribution in [3.8, 4) is 17.9 Å². The molecule has 0 saturated carbocycles. The highest BCUT2D eigenvalue weighted by Gasteiger charge is 2.09. The largest absolute Gasteiger partial charge is 0.357 e. The highest BCUT2D eigenvalue weighted by Crippen LogP contribution is 2.20. The van der Waals surface area contributed by atoms with Crippen LogP contribution in [0.2, 0.25) is 0 Å². The van der Waals surface area contributed by atoms with Crippen LogP contribution in [0.1, 0.15) is 11.1 Å². The van der Waals surface area contributed by atoms with E-state index in [9.17, 15) is 0 Å². The maximum atomic E-state index is 8.94. The fourth-order valence-electron chi connectivity index (χ4n) is 1.19. The Bertz CT molecular complexity index is 575. The number of hydrogen-bond acceptors (Lipinski definition) is 4. The first-order chi connectivity index (χ1) is 7.85. The van der Waals surface area contributed by atoms with Crippen molar-refractivity contribution in [1.82, 2.24) is 9.94 Å². The van der Waals surface area contributed by atoms with Gasteiger partial charge in [-0.05, 0) is 12.1 Å². The van der Waals surface area contributed by atoms with Gasteiger partial charge in [0, 0.05) is 6.07 Å². The van der Waals surface area contributed by atoms with Crippen LogP contribution in [0.3, 0.4) is 0 Å². The predicted molar refractivity (Wildman–Crippen MR) is 53.0 cm³/mol. The molecule has 0 fully saturated rings. The molecule has 0 aliphatic carbocycles. The summed E-state index contributed by atoms with van der Waals surface area (Å²) in [7, 11) is 0. The Balaban J connectivity index is 2.43. The van der Waals surface area contributed by atoms with Gasteiger partial charge in [0.15, 0.2) is 5.75 Å². The van der Waals surface area contributed by atoms with Crippen LogP contribution in [0.15, 0.2) is 30.6 Å². The van der Waals surface area contributed by atoms with Crippen molar-refractivity contribution in [1.29, 1.82) is 10.5 Å². The number of benzene rings is 1. The second-order valence-electron chi connectivity index (χ2n) is 2.84. The first kappa shape index (κ1) is 9.75. The van der Waals surface area contributed by atoms with Gasteiger partial charge in [0.05, 0.1) is 18.0 Å². The molecule has 0 amide bonds. The van der Waals surface area contributed by atoms with Crippen molar-refractivity contribution >= 4 is 0 Å². The molecular formula is C11H5N4O. The summed E-state index contributed by atoms with van der Waals surface area (Å²) in [6.07, 6.45) is 2.90. The normalized spacial score (nSPS) is 9.12. The lowest BCUT2D eigenvalue weighted by Crippen LogP contribution is -2.06. The van der Waals surface area contributed by atoms with Crippen molar-refractivity contribution < 1.29 is 4.84 Å². The van der Waals surface area contributed by atoms with Crippen LogP contribution in [-0.4, -0.2) is 9.94 Å². The Morgan fingerprint density at radius 3 is 2.81 bits per heavy atom. The van der Waals surface area contributed by atoms with Crippen molar-refractivity contribution in [2.75, 3.05) is 0 Å². The molecule has 5 heteroatoms. The maximum absolute atomic E-state index is 8.94. The summed E-state index contributed by atoms with van der Waals surface area (Å²) >= 11 is 0. The van der Waals surface area contributed by atoms with E-state index in [1.165, 1.54) is 12.4 Å². The smallest absolute Gasteiger partial charge is 0.176 e. The zero-order valence-electron chi connectivity index (χ0n) is 8.08. The molecule has 1 aromatic heterocycles. The van der Waals surface area contributed by atoms with Gasteiger partial charge < -0.3 is 4.84 Å². The van der Waals surface area contributed by atoms with E-state index in [4.69, 9.17) is 15.4 Å². The number of rotatable bonds is 2. The fraction of sp³-hybridized carbons (Fsp3) is 0. The third-order valence-electron chi connectivity index (χ3n) is 1.88. The first-order valence-electron chi connectivity index (χ1n) is 4.37. The minimum absolute atomic E-state index is 0.195. The molecule has 0 aliphatic heterocycles. The summed E-state index contributed by atoms with van der Waals surface area (Å²) in [5, 5.41) is 21.5. The minimum Gasteiger partial charge on any atom is -0.357 e. The van der Waals surface area contributed by atoms with E-state index in [1.807, 2.05) is 12.1 Å². The van der Waals surface area contributed by atoms with E-state index in [0.29, 0.717) is 5.75 Å². The third-order valence-corrected chi connectivity index (χ3v) is 1.88. The molecule has 2 aromatic rings. The molecule has 0 atom stereocenters. The van der Waals surface area contributed by atoms with Crippen LogP contribution in [-0.2, 0) is 0 Å². The molecule has 75 valence electrons. The number of hydrogen-bond donors (Lipinski definition) is 0. The highest BCUT2D eigenvalue weighted by atomic mass is 16.7. The van der Waals surface area contributed by atoms with Gasteiger partial charge in [-0.2, -0.15) is 10.5 Å². The molecule has 0 bridgehead atoms. The van der Waals surface area contributed by atoms with Gasteiger partial charge >= 0.3 is 0 Å². The van der Waals surface area contributed by atoms with Gasteiger partial charge in [0.2, 0.25) is 0 Å². The molecule has 0 N–H and O–H groups in total. The van der Waals surface area contributed by atoms with Crippen LogP contribution in [0.25, 0.3) is 0 Å². The van der Waals surface area contributed by atoms with E-state index >= 15 is 0 Å². The lowest BCUT2D eigenvalue weighted by Gasteiger charge is -2.06. The van der Waals surface area contributed by atoms with Gasteiger partial charge in [-0.1, -0.05) is 10.9 Å². The number of nitrogens with zero attached hydrogens (tertiary/aromatic N) is 4. The van der Waals surface area contributed by atoms with E-state index in [0.717, 1.165) is 4.85 Å². The van der Waals surface area contributed by atoms with Crippen molar-refractivity contribution in [3.63, 3.8) is 0 Å². The molecule has 1 aromatic carbocycles. The molecule has 0 saturated heterocycles. The molecule has 2 rings (SSSR count). The Kier molecular flexibility index (Phi) is 2.53. The molecular weight excluding hydrogens is 204 g/mol. The molecule has 0 aliphatic rings. The number of aromatic nitrogens is 2. The fourth-order valence-corrected chi connectivity index (χ4v) is 1.19. The summed E-state index contributed by atoms with van der Waals surface area (Å²) in [5.41, 5.74) is 0.469. The standard InChI is InChI=1S/C11H5N4O/c12-7-9-3-1-4-11(10(9)8-13)16-15-6-2-5-14-15/h1,3-6H. The van der Waals surface area contributed by atoms with Crippen molar-refractivity contribution in [3.05, 3.63) is 47.8 Å². The molecule has 0 spiro atoms. The van der Waals surface area contributed by atoms with Gasteiger partial charge in [-0.15, -0.1) is 5.10 Å². The third kappa shape index (κ3) is 1.70. The van der Waals surface area contributed by atoms with Crippen LogP contribution in [0.4, 0.5) is 0 Å². The lowest BCUT2D eigenvalue weighted by molar-refractivity contribution is 0.178. The van der Waals surface area contributed by atoms with Crippen LogP contribution in [0, 0.1) is 28.7 Å². The topological polar surface area (TPSA) is 74.6 Å². The second kappa shape index (κ2) is 4.16. The summed E-state index contributed by atoms with van der Waals surface area (Å²) in [6.45, 7) is 0. The maximum Gasteiger partial charge on any atom is 0.176 e. The summed E-state index contributed by atoms with van der Waals surface area (Å²) in [6, 6.07) is 11.3. The second-order valence-corrected chi connectivity index (χ2v) is 2.84. The summed E-state index contributed by atoms with van der Waals surface area (Å²) in [5.74, 6) is 0.290. The van der Waals surface area contributed by atoms with E-state index in [2.05, 4.69) is 11.2 Å². The van der Waals surface area contributed by atoms with Gasteiger partial charge in [0.25, 0.3) is 0 Å². The van der Waals surface area contributed by atoms with Gasteiger partial charge in [-0.3, -0.25) is 0 Å². The highest BCUT2D eigenvalue weighted by molar-refractivity contribution is 5.53. The van der Waals surface area contributed by atoms with E-state index in [1.54, 1.807) is 18.2 Å². The Labute approximate surface area is 91.7 Å². The van der Waals surface area contributed by atoms with E-state index in [-0.39, 0.29) is 11.1 Å². The zero-order chi connectivity index (χ0) is 11.4. The Morgan fingerprint density at radius 2 is 2.19 bits per heavy atom. The van der Waals surface area contributed by atoms with Gasteiger partial charge in [-0.25, -0.2) is 0 Å². The monoisotopic (exact) mass is 209 g/mol. The predicted octanol–water partition coefficient (Wildman–Crippen LogP) is 1.27. The minimum atomic E-state index is 0.195.